The Morgan fingerprint density at radius 1 is 1.33 bits per heavy atom. The summed E-state index contributed by atoms with van der Waals surface area (Å²) in [5.74, 6) is -0.232. The zero-order chi connectivity index (χ0) is 13.1. The van der Waals surface area contributed by atoms with Gasteiger partial charge in [0.1, 0.15) is 11.5 Å². The number of hydrogen-bond donors (Lipinski definition) is 1. The van der Waals surface area contributed by atoms with E-state index in [2.05, 4.69) is 4.98 Å². The van der Waals surface area contributed by atoms with E-state index in [1.807, 2.05) is 13.0 Å². The molecule has 1 N–H and O–H groups in total. The van der Waals surface area contributed by atoms with Gasteiger partial charge in [-0.2, -0.15) is 0 Å². The molecule has 0 radical (unpaired) electrons. The SMILES string of the molecule is Cc1ccc(Cl)c(Oc2ccnc(C(=O)O)c2)c1. The Hall–Kier alpha value is -2.07. The smallest absolute Gasteiger partial charge is 0.354 e. The molecule has 0 saturated carbocycles. The lowest BCUT2D eigenvalue weighted by Crippen LogP contribution is -1.99. The highest BCUT2D eigenvalue weighted by Gasteiger charge is 2.08. The third kappa shape index (κ3) is 2.78. The molecule has 0 amide bonds. The van der Waals surface area contributed by atoms with Crippen LogP contribution in [0.4, 0.5) is 0 Å². The van der Waals surface area contributed by atoms with Crippen molar-refractivity contribution in [1.29, 1.82) is 0 Å². The molecule has 2 rings (SSSR count). The number of carboxylic acid groups (broad SMARTS) is 1. The summed E-state index contributed by atoms with van der Waals surface area (Å²) in [7, 11) is 0. The predicted octanol–water partition coefficient (Wildman–Crippen LogP) is 3.53. The van der Waals surface area contributed by atoms with Crippen LogP contribution >= 0.6 is 11.6 Å². The molecule has 0 fully saturated rings. The molecule has 4 nitrogen and oxygen atoms in total. The van der Waals surface area contributed by atoms with E-state index in [0.29, 0.717) is 16.5 Å². The molecule has 1 aromatic carbocycles. The molecule has 0 bridgehead atoms. The zero-order valence-corrected chi connectivity index (χ0v) is 10.3. The summed E-state index contributed by atoms with van der Waals surface area (Å²) in [5, 5.41) is 9.30. The fourth-order valence-corrected chi connectivity index (χ4v) is 1.56. The lowest BCUT2D eigenvalue weighted by atomic mass is 10.2. The van der Waals surface area contributed by atoms with Crippen molar-refractivity contribution in [3.05, 3.63) is 52.8 Å². The molecule has 0 aliphatic heterocycles. The quantitative estimate of drug-likeness (QED) is 0.920. The Kier molecular flexibility index (Phi) is 3.48. The topological polar surface area (TPSA) is 59.4 Å². The standard InChI is InChI=1S/C13H10ClNO3/c1-8-2-3-10(14)12(6-8)18-9-4-5-15-11(7-9)13(16)17/h2-7H,1H3,(H,16,17). The molecule has 0 atom stereocenters. The molecular formula is C13H10ClNO3. The maximum absolute atomic E-state index is 10.8. The molecule has 5 heteroatoms. The van der Waals surface area contributed by atoms with E-state index in [9.17, 15) is 4.79 Å². The number of nitrogens with zero attached hydrogens (tertiary/aromatic N) is 1. The molecule has 2 aromatic rings. The Morgan fingerprint density at radius 2 is 2.11 bits per heavy atom. The van der Waals surface area contributed by atoms with Gasteiger partial charge in [0, 0.05) is 12.3 Å². The monoisotopic (exact) mass is 263 g/mol. The second kappa shape index (κ2) is 5.06. The van der Waals surface area contributed by atoms with Crippen LogP contribution in [-0.4, -0.2) is 16.1 Å². The van der Waals surface area contributed by atoms with Gasteiger partial charge in [-0.1, -0.05) is 17.7 Å². The summed E-state index contributed by atoms with van der Waals surface area (Å²) in [4.78, 5) is 14.5. The fourth-order valence-electron chi connectivity index (χ4n) is 1.41. The maximum Gasteiger partial charge on any atom is 0.354 e. The van der Waals surface area contributed by atoms with Crippen LogP contribution < -0.4 is 4.74 Å². The van der Waals surface area contributed by atoms with E-state index in [1.54, 1.807) is 18.2 Å². The minimum Gasteiger partial charge on any atom is -0.477 e. The van der Waals surface area contributed by atoms with Gasteiger partial charge in [-0.25, -0.2) is 9.78 Å². The van der Waals surface area contributed by atoms with E-state index in [-0.39, 0.29) is 5.69 Å². The van der Waals surface area contributed by atoms with Crippen LogP contribution in [0.2, 0.25) is 5.02 Å². The van der Waals surface area contributed by atoms with Gasteiger partial charge in [0.05, 0.1) is 5.02 Å². The lowest BCUT2D eigenvalue weighted by Gasteiger charge is -2.08. The van der Waals surface area contributed by atoms with Gasteiger partial charge in [0.2, 0.25) is 0 Å². The summed E-state index contributed by atoms with van der Waals surface area (Å²) in [6.07, 6.45) is 1.38. The Bertz CT molecular complexity index is 599. The largest absolute Gasteiger partial charge is 0.477 e. The van der Waals surface area contributed by atoms with Gasteiger partial charge >= 0.3 is 5.97 Å². The number of rotatable bonds is 3. The zero-order valence-electron chi connectivity index (χ0n) is 9.55. The Balaban J connectivity index is 2.31. The average Bonchev–Trinajstić information content (AvgIpc) is 2.34. The summed E-state index contributed by atoms with van der Waals surface area (Å²) < 4.78 is 5.55. The van der Waals surface area contributed by atoms with Crippen molar-refractivity contribution < 1.29 is 14.6 Å². The molecule has 0 aliphatic carbocycles. The summed E-state index contributed by atoms with van der Waals surface area (Å²) in [6.45, 7) is 1.92. The molecule has 0 spiro atoms. The third-order valence-corrected chi connectivity index (χ3v) is 2.58. The summed E-state index contributed by atoms with van der Waals surface area (Å²) in [5.41, 5.74) is 0.929. The molecule has 1 heterocycles. The molecule has 1 aromatic heterocycles. The van der Waals surface area contributed by atoms with E-state index in [1.165, 1.54) is 12.3 Å². The van der Waals surface area contributed by atoms with Gasteiger partial charge in [-0.15, -0.1) is 0 Å². The maximum atomic E-state index is 10.8. The van der Waals surface area contributed by atoms with E-state index >= 15 is 0 Å². The predicted molar refractivity (Wildman–Crippen MR) is 67.5 cm³/mol. The molecule has 0 aliphatic rings. The third-order valence-electron chi connectivity index (χ3n) is 2.27. The Morgan fingerprint density at radius 3 is 2.83 bits per heavy atom. The van der Waals surface area contributed by atoms with Crippen molar-refractivity contribution >= 4 is 17.6 Å². The number of hydrogen-bond acceptors (Lipinski definition) is 3. The summed E-state index contributed by atoms with van der Waals surface area (Å²) >= 11 is 5.99. The number of pyridine rings is 1. The molecule has 92 valence electrons. The highest BCUT2D eigenvalue weighted by atomic mass is 35.5. The number of ether oxygens (including phenoxy) is 1. The minimum absolute atomic E-state index is 0.0729. The van der Waals surface area contributed by atoms with E-state index in [0.717, 1.165) is 5.56 Å². The van der Waals surface area contributed by atoms with Crippen LogP contribution in [0.1, 0.15) is 16.1 Å². The minimum atomic E-state index is -1.10. The van der Waals surface area contributed by atoms with Crippen molar-refractivity contribution in [3.63, 3.8) is 0 Å². The molecular weight excluding hydrogens is 254 g/mol. The van der Waals surface area contributed by atoms with Gasteiger partial charge in [0.15, 0.2) is 5.69 Å². The first-order valence-electron chi connectivity index (χ1n) is 5.19. The Labute approximate surface area is 109 Å². The van der Waals surface area contributed by atoms with Crippen LogP contribution in [0.15, 0.2) is 36.5 Å². The van der Waals surface area contributed by atoms with Gasteiger partial charge < -0.3 is 9.84 Å². The highest BCUT2D eigenvalue weighted by molar-refractivity contribution is 6.32. The van der Waals surface area contributed by atoms with Crippen molar-refractivity contribution in [2.45, 2.75) is 6.92 Å². The number of aromatic nitrogens is 1. The van der Waals surface area contributed by atoms with Crippen LogP contribution in [0.3, 0.4) is 0 Å². The van der Waals surface area contributed by atoms with E-state index < -0.39 is 5.97 Å². The number of carboxylic acids is 1. The number of carbonyl (C=O) groups is 1. The van der Waals surface area contributed by atoms with Crippen LogP contribution in [0.25, 0.3) is 0 Å². The molecule has 18 heavy (non-hydrogen) atoms. The average molecular weight is 264 g/mol. The highest BCUT2D eigenvalue weighted by Crippen LogP contribution is 2.30. The molecule has 0 saturated heterocycles. The first-order chi connectivity index (χ1) is 8.56. The number of aryl methyl sites for hydroxylation is 1. The summed E-state index contributed by atoms with van der Waals surface area (Å²) in [6, 6.07) is 8.30. The fraction of sp³-hybridized carbons (Fsp3) is 0.0769. The van der Waals surface area contributed by atoms with Crippen molar-refractivity contribution in [3.8, 4) is 11.5 Å². The van der Waals surface area contributed by atoms with Gasteiger partial charge in [-0.3, -0.25) is 0 Å². The second-order valence-corrected chi connectivity index (χ2v) is 4.13. The van der Waals surface area contributed by atoms with Crippen molar-refractivity contribution in [2.24, 2.45) is 0 Å². The van der Waals surface area contributed by atoms with Crippen LogP contribution in [0, 0.1) is 6.92 Å². The van der Waals surface area contributed by atoms with Crippen LogP contribution in [-0.2, 0) is 0 Å². The van der Waals surface area contributed by atoms with E-state index in [4.69, 9.17) is 21.4 Å². The normalized spacial score (nSPS) is 10.1. The first-order valence-corrected chi connectivity index (χ1v) is 5.57. The van der Waals surface area contributed by atoms with Crippen molar-refractivity contribution in [2.75, 3.05) is 0 Å². The number of benzene rings is 1. The second-order valence-electron chi connectivity index (χ2n) is 3.72. The lowest BCUT2D eigenvalue weighted by molar-refractivity contribution is 0.0690. The van der Waals surface area contributed by atoms with Crippen molar-refractivity contribution in [1.82, 2.24) is 4.98 Å². The first kappa shape index (κ1) is 12.4. The number of aromatic carboxylic acids is 1. The van der Waals surface area contributed by atoms with Gasteiger partial charge in [0.25, 0.3) is 0 Å². The molecule has 0 unspecified atom stereocenters. The number of halogens is 1. The van der Waals surface area contributed by atoms with Crippen LogP contribution in [0.5, 0.6) is 11.5 Å². The van der Waals surface area contributed by atoms with Gasteiger partial charge in [-0.05, 0) is 30.7 Å².